The Kier molecular flexibility index (Phi) is 12.0. The van der Waals surface area contributed by atoms with E-state index < -0.39 is 0 Å². The van der Waals surface area contributed by atoms with E-state index >= 15 is 0 Å². The first kappa shape index (κ1) is 16.3. The van der Waals surface area contributed by atoms with Gasteiger partial charge in [0.1, 0.15) is 0 Å². The Balaban J connectivity index is 3.76. The quantitative estimate of drug-likeness (QED) is 0.533. The first-order chi connectivity index (χ1) is 7.78. The lowest BCUT2D eigenvalue weighted by Gasteiger charge is -2.23. The van der Waals surface area contributed by atoms with Crippen molar-refractivity contribution in [2.24, 2.45) is 5.92 Å². The summed E-state index contributed by atoms with van der Waals surface area (Å²) < 4.78 is 0. The highest BCUT2D eigenvalue weighted by Crippen LogP contribution is 2.15. The average Bonchev–Trinajstić information content (AvgIpc) is 2.30. The van der Waals surface area contributed by atoms with Gasteiger partial charge in [0.15, 0.2) is 0 Å². The standard InChI is InChI=1S/C14H31NS/c1-4-7-8-14(13-16)9-12-15(10-5-2)11-6-3/h14,16H,4-13H2,1-3H3. The minimum Gasteiger partial charge on any atom is -0.303 e. The predicted octanol–water partition coefficient (Wildman–Crippen LogP) is 4.23. The molecule has 0 fully saturated rings. The molecule has 98 valence electrons. The zero-order valence-corrected chi connectivity index (χ0v) is 12.4. The first-order valence-corrected chi connectivity index (χ1v) is 7.74. The van der Waals surface area contributed by atoms with Crippen molar-refractivity contribution in [2.45, 2.75) is 59.3 Å². The zero-order chi connectivity index (χ0) is 12.2. The third kappa shape index (κ3) is 8.46. The maximum atomic E-state index is 4.48. The number of hydrogen-bond acceptors (Lipinski definition) is 2. The van der Waals surface area contributed by atoms with Gasteiger partial charge in [-0.25, -0.2) is 0 Å². The molecule has 0 aliphatic rings. The molecule has 0 amide bonds. The molecule has 1 atom stereocenters. The first-order valence-electron chi connectivity index (χ1n) is 7.11. The summed E-state index contributed by atoms with van der Waals surface area (Å²) in [7, 11) is 0. The highest BCUT2D eigenvalue weighted by Gasteiger charge is 2.09. The van der Waals surface area contributed by atoms with Crippen LogP contribution in [-0.4, -0.2) is 30.3 Å². The summed E-state index contributed by atoms with van der Waals surface area (Å²) in [4.78, 5) is 2.61. The lowest BCUT2D eigenvalue weighted by molar-refractivity contribution is 0.252. The molecule has 16 heavy (non-hydrogen) atoms. The minimum atomic E-state index is 0.833. The maximum absolute atomic E-state index is 4.48. The van der Waals surface area contributed by atoms with Crippen LogP contribution >= 0.6 is 12.6 Å². The van der Waals surface area contributed by atoms with Crippen molar-refractivity contribution in [3.8, 4) is 0 Å². The molecule has 1 nitrogen and oxygen atoms in total. The van der Waals surface area contributed by atoms with Crippen LogP contribution in [-0.2, 0) is 0 Å². The Morgan fingerprint density at radius 1 is 0.875 bits per heavy atom. The van der Waals surface area contributed by atoms with Crippen LogP contribution in [0.4, 0.5) is 0 Å². The smallest absolute Gasteiger partial charge is 0.00158 e. The van der Waals surface area contributed by atoms with Gasteiger partial charge in [0.25, 0.3) is 0 Å². The highest BCUT2D eigenvalue weighted by atomic mass is 32.1. The SMILES string of the molecule is CCCCC(CS)CCN(CCC)CCC. The monoisotopic (exact) mass is 245 g/mol. The number of nitrogens with zero attached hydrogens (tertiary/aromatic N) is 1. The van der Waals surface area contributed by atoms with Crippen LogP contribution in [0.1, 0.15) is 59.3 Å². The van der Waals surface area contributed by atoms with Crippen molar-refractivity contribution in [1.29, 1.82) is 0 Å². The summed E-state index contributed by atoms with van der Waals surface area (Å²) in [5, 5.41) is 0. The van der Waals surface area contributed by atoms with Gasteiger partial charge in [0.05, 0.1) is 0 Å². The molecule has 0 spiro atoms. The summed E-state index contributed by atoms with van der Waals surface area (Å²) in [5.74, 6) is 1.89. The molecule has 0 bridgehead atoms. The van der Waals surface area contributed by atoms with Gasteiger partial charge in [-0.2, -0.15) is 12.6 Å². The van der Waals surface area contributed by atoms with Gasteiger partial charge in [-0.05, 0) is 57.0 Å². The van der Waals surface area contributed by atoms with Gasteiger partial charge in [-0.3, -0.25) is 0 Å². The molecule has 0 saturated carbocycles. The lowest BCUT2D eigenvalue weighted by Crippen LogP contribution is -2.28. The van der Waals surface area contributed by atoms with Gasteiger partial charge < -0.3 is 4.90 Å². The fourth-order valence-corrected chi connectivity index (χ4v) is 2.52. The fourth-order valence-electron chi connectivity index (χ4n) is 2.15. The second-order valence-electron chi connectivity index (χ2n) is 4.82. The molecule has 0 radical (unpaired) electrons. The average molecular weight is 245 g/mol. The Bertz CT molecular complexity index is 133. The van der Waals surface area contributed by atoms with Crippen LogP contribution in [0.15, 0.2) is 0 Å². The molecule has 1 unspecified atom stereocenters. The van der Waals surface area contributed by atoms with Crippen LogP contribution in [0.5, 0.6) is 0 Å². The van der Waals surface area contributed by atoms with E-state index in [9.17, 15) is 0 Å². The normalized spacial score (nSPS) is 13.3. The van der Waals surface area contributed by atoms with Crippen molar-refractivity contribution in [1.82, 2.24) is 4.90 Å². The van der Waals surface area contributed by atoms with Crippen molar-refractivity contribution in [3.05, 3.63) is 0 Å². The highest BCUT2D eigenvalue weighted by molar-refractivity contribution is 7.80. The number of rotatable bonds is 11. The summed E-state index contributed by atoms with van der Waals surface area (Å²) in [6, 6.07) is 0. The number of unbranched alkanes of at least 4 members (excludes halogenated alkanes) is 1. The second-order valence-corrected chi connectivity index (χ2v) is 5.19. The molecule has 0 aliphatic heterocycles. The van der Waals surface area contributed by atoms with Crippen LogP contribution in [0.25, 0.3) is 0 Å². The Labute approximate surface area is 108 Å². The molecular formula is C14H31NS. The van der Waals surface area contributed by atoms with Gasteiger partial charge in [-0.1, -0.05) is 33.6 Å². The van der Waals surface area contributed by atoms with E-state index in [2.05, 4.69) is 38.3 Å². The maximum Gasteiger partial charge on any atom is -0.00158 e. The van der Waals surface area contributed by atoms with Crippen molar-refractivity contribution < 1.29 is 0 Å². The Morgan fingerprint density at radius 3 is 1.94 bits per heavy atom. The number of hydrogen-bond donors (Lipinski definition) is 1. The second kappa shape index (κ2) is 11.8. The van der Waals surface area contributed by atoms with E-state index in [1.165, 1.54) is 58.2 Å². The summed E-state index contributed by atoms with van der Waals surface area (Å²) >= 11 is 4.48. The van der Waals surface area contributed by atoms with Gasteiger partial charge >= 0.3 is 0 Å². The Morgan fingerprint density at radius 2 is 1.50 bits per heavy atom. The lowest BCUT2D eigenvalue weighted by atomic mass is 10.0. The molecular weight excluding hydrogens is 214 g/mol. The van der Waals surface area contributed by atoms with Gasteiger partial charge in [0.2, 0.25) is 0 Å². The molecule has 0 rings (SSSR count). The van der Waals surface area contributed by atoms with Crippen LogP contribution in [0.2, 0.25) is 0 Å². The zero-order valence-electron chi connectivity index (χ0n) is 11.5. The van der Waals surface area contributed by atoms with Crippen molar-refractivity contribution >= 4 is 12.6 Å². The van der Waals surface area contributed by atoms with Crippen LogP contribution in [0.3, 0.4) is 0 Å². The summed E-state index contributed by atoms with van der Waals surface area (Å²) in [5.41, 5.74) is 0. The molecule has 0 saturated heterocycles. The summed E-state index contributed by atoms with van der Waals surface area (Å²) in [6.07, 6.45) is 7.95. The van der Waals surface area contributed by atoms with Gasteiger partial charge in [-0.15, -0.1) is 0 Å². The molecule has 0 N–H and O–H groups in total. The molecule has 0 aromatic carbocycles. The topological polar surface area (TPSA) is 3.24 Å². The molecule has 0 aliphatic carbocycles. The van der Waals surface area contributed by atoms with Crippen LogP contribution in [0, 0.1) is 5.92 Å². The molecule has 2 heteroatoms. The van der Waals surface area contributed by atoms with E-state index in [1.807, 2.05) is 0 Å². The van der Waals surface area contributed by atoms with Crippen molar-refractivity contribution in [2.75, 3.05) is 25.4 Å². The third-order valence-corrected chi connectivity index (χ3v) is 3.67. The van der Waals surface area contributed by atoms with E-state index in [1.54, 1.807) is 0 Å². The predicted molar refractivity (Wildman–Crippen MR) is 78.5 cm³/mol. The number of thiol groups is 1. The third-order valence-electron chi connectivity index (χ3n) is 3.16. The Hall–Kier alpha value is 0.310. The molecule has 0 heterocycles. The van der Waals surface area contributed by atoms with E-state index in [4.69, 9.17) is 0 Å². The fraction of sp³-hybridized carbons (Fsp3) is 1.00. The molecule has 0 aromatic rings. The largest absolute Gasteiger partial charge is 0.303 e. The summed E-state index contributed by atoms with van der Waals surface area (Å²) in [6.45, 7) is 10.6. The van der Waals surface area contributed by atoms with E-state index in [0.29, 0.717) is 0 Å². The minimum absolute atomic E-state index is 0.833. The van der Waals surface area contributed by atoms with Crippen molar-refractivity contribution in [3.63, 3.8) is 0 Å². The molecule has 0 aromatic heterocycles. The van der Waals surface area contributed by atoms with Crippen LogP contribution < -0.4 is 0 Å². The van der Waals surface area contributed by atoms with E-state index in [-0.39, 0.29) is 0 Å². The van der Waals surface area contributed by atoms with E-state index in [0.717, 1.165) is 11.7 Å². The van der Waals surface area contributed by atoms with Gasteiger partial charge in [0, 0.05) is 0 Å².